The Balaban J connectivity index is 2.02. The van der Waals surface area contributed by atoms with E-state index in [1.54, 1.807) is 12.1 Å². The number of rotatable bonds is 7. The molecule has 0 unspecified atom stereocenters. The SMILES string of the molecule is C=CCOc1ccc(CNc2cc(C(=O)O)ccc2Cl)cc1. The summed E-state index contributed by atoms with van der Waals surface area (Å²) in [6, 6.07) is 12.2. The lowest BCUT2D eigenvalue weighted by Crippen LogP contribution is -2.03. The molecule has 2 aromatic rings. The van der Waals surface area contributed by atoms with Crippen molar-refractivity contribution < 1.29 is 14.6 Å². The van der Waals surface area contributed by atoms with Gasteiger partial charge in [-0.05, 0) is 35.9 Å². The van der Waals surface area contributed by atoms with Crippen molar-refractivity contribution >= 4 is 23.3 Å². The molecule has 0 radical (unpaired) electrons. The third-order valence-corrected chi connectivity index (χ3v) is 3.32. The monoisotopic (exact) mass is 317 g/mol. The predicted octanol–water partition coefficient (Wildman–Crippen LogP) is 4.22. The van der Waals surface area contributed by atoms with E-state index in [2.05, 4.69) is 11.9 Å². The van der Waals surface area contributed by atoms with Gasteiger partial charge in [-0.25, -0.2) is 4.79 Å². The number of carboxylic acid groups (broad SMARTS) is 1. The van der Waals surface area contributed by atoms with Crippen molar-refractivity contribution in [2.45, 2.75) is 6.54 Å². The van der Waals surface area contributed by atoms with Crippen LogP contribution in [0.25, 0.3) is 0 Å². The van der Waals surface area contributed by atoms with Gasteiger partial charge in [0.05, 0.1) is 16.3 Å². The Bertz CT molecular complexity index is 668. The third kappa shape index (κ3) is 4.27. The second-order valence-electron chi connectivity index (χ2n) is 4.60. The molecule has 2 rings (SSSR count). The molecule has 2 N–H and O–H groups in total. The van der Waals surface area contributed by atoms with E-state index in [4.69, 9.17) is 21.4 Å². The fourth-order valence-electron chi connectivity index (χ4n) is 1.85. The van der Waals surface area contributed by atoms with Gasteiger partial charge < -0.3 is 15.2 Å². The molecule has 0 aliphatic heterocycles. The molecule has 0 fully saturated rings. The summed E-state index contributed by atoms with van der Waals surface area (Å²) in [6.07, 6.45) is 1.69. The maximum Gasteiger partial charge on any atom is 0.335 e. The van der Waals surface area contributed by atoms with Gasteiger partial charge in [0.2, 0.25) is 0 Å². The first-order valence-electron chi connectivity index (χ1n) is 6.69. The van der Waals surface area contributed by atoms with Crippen molar-refractivity contribution in [3.05, 3.63) is 71.3 Å². The Morgan fingerprint density at radius 1 is 1.27 bits per heavy atom. The zero-order valence-corrected chi connectivity index (χ0v) is 12.6. The number of carboxylic acids is 1. The summed E-state index contributed by atoms with van der Waals surface area (Å²) in [6.45, 7) is 4.59. The molecule has 0 spiro atoms. The Morgan fingerprint density at radius 2 is 2.00 bits per heavy atom. The van der Waals surface area contributed by atoms with Crippen molar-refractivity contribution in [3.8, 4) is 5.75 Å². The largest absolute Gasteiger partial charge is 0.490 e. The van der Waals surface area contributed by atoms with Crippen LogP contribution in [0.2, 0.25) is 5.02 Å². The van der Waals surface area contributed by atoms with Crippen molar-refractivity contribution in [1.29, 1.82) is 0 Å². The molecular weight excluding hydrogens is 302 g/mol. The Morgan fingerprint density at radius 3 is 2.64 bits per heavy atom. The van der Waals surface area contributed by atoms with Crippen LogP contribution in [-0.4, -0.2) is 17.7 Å². The number of halogens is 1. The van der Waals surface area contributed by atoms with Crippen LogP contribution in [0.1, 0.15) is 15.9 Å². The van der Waals surface area contributed by atoms with Crippen LogP contribution in [0.5, 0.6) is 5.75 Å². The zero-order chi connectivity index (χ0) is 15.9. The minimum atomic E-state index is -0.983. The molecule has 5 heteroatoms. The van der Waals surface area contributed by atoms with E-state index in [9.17, 15) is 4.79 Å². The number of aromatic carboxylic acids is 1. The second kappa shape index (κ2) is 7.52. The molecule has 0 heterocycles. The normalized spacial score (nSPS) is 10.0. The smallest absolute Gasteiger partial charge is 0.335 e. The van der Waals surface area contributed by atoms with Gasteiger partial charge in [-0.15, -0.1) is 0 Å². The summed E-state index contributed by atoms with van der Waals surface area (Å²) in [5.74, 6) is -0.210. The molecule has 0 atom stereocenters. The van der Waals surface area contributed by atoms with Gasteiger partial charge >= 0.3 is 5.97 Å². The molecule has 0 bridgehead atoms. The predicted molar refractivity (Wildman–Crippen MR) is 87.9 cm³/mol. The Kier molecular flexibility index (Phi) is 5.44. The molecule has 0 aromatic heterocycles. The summed E-state index contributed by atoms with van der Waals surface area (Å²) in [5, 5.41) is 12.6. The van der Waals surface area contributed by atoms with Crippen molar-refractivity contribution in [2.75, 3.05) is 11.9 Å². The molecule has 0 aliphatic carbocycles. The van der Waals surface area contributed by atoms with Crippen LogP contribution >= 0.6 is 11.6 Å². The van der Waals surface area contributed by atoms with E-state index in [0.717, 1.165) is 11.3 Å². The van der Waals surface area contributed by atoms with Crippen LogP contribution in [-0.2, 0) is 6.54 Å². The minimum Gasteiger partial charge on any atom is -0.490 e. The highest BCUT2D eigenvalue weighted by Gasteiger charge is 2.07. The first-order valence-corrected chi connectivity index (χ1v) is 7.07. The van der Waals surface area contributed by atoms with Crippen LogP contribution in [0.15, 0.2) is 55.1 Å². The number of ether oxygens (including phenoxy) is 1. The van der Waals surface area contributed by atoms with Gasteiger partial charge in [-0.3, -0.25) is 0 Å². The van der Waals surface area contributed by atoms with Crippen molar-refractivity contribution in [3.63, 3.8) is 0 Å². The van der Waals surface area contributed by atoms with E-state index in [1.165, 1.54) is 12.1 Å². The molecule has 114 valence electrons. The summed E-state index contributed by atoms with van der Waals surface area (Å²) < 4.78 is 5.41. The van der Waals surface area contributed by atoms with Gasteiger partial charge in [-0.1, -0.05) is 36.4 Å². The lowest BCUT2D eigenvalue weighted by atomic mass is 10.2. The molecular formula is C17H16ClNO3. The van der Waals surface area contributed by atoms with E-state index >= 15 is 0 Å². The molecule has 0 aliphatic rings. The lowest BCUT2D eigenvalue weighted by Gasteiger charge is -2.10. The standard InChI is InChI=1S/C17H16ClNO3/c1-2-9-22-14-6-3-12(4-7-14)11-19-16-10-13(17(20)21)5-8-15(16)18/h2-8,10,19H,1,9,11H2,(H,20,21). The molecule has 0 saturated heterocycles. The first kappa shape index (κ1) is 15.9. The van der Waals surface area contributed by atoms with Crippen LogP contribution in [0.4, 0.5) is 5.69 Å². The molecule has 2 aromatic carbocycles. The average molecular weight is 318 g/mol. The highest BCUT2D eigenvalue weighted by molar-refractivity contribution is 6.33. The summed E-state index contributed by atoms with van der Waals surface area (Å²) in [7, 11) is 0. The number of hydrogen-bond acceptors (Lipinski definition) is 3. The maximum absolute atomic E-state index is 11.0. The Hall–Kier alpha value is -2.46. The number of carbonyl (C=O) groups is 1. The third-order valence-electron chi connectivity index (χ3n) is 2.99. The number of anilines is 1. The Labute approximate surface area is 134 Å². The fourth-order valence-corrected chi connectivity index (χ4v) is 2.03. The quantitative estimate of drug-likeness (QED) is 0.751. The number of benzene rings is 2. The van der Waals surface area contributed by atoms with E-state index in [1.807, 2.05) is 24.3 Å². The highest BCUT2D eigenvalue weighted by atomic mass is 35.5. The van der Waals surface area contributed by atoms with Crippen LogP contribution in [0.3, 0.4) is 0 Å². The van der Waals surface area contributed by atoms with Gasteiger partial charge in [0, 0.05) is 6.54 Å². The minimum absolute atomic E-state index is 0.195. The van der Waals surface area contributed by atoms with Crippen molar-refractivity contribution in [1.82, 2.24) is 0 Å². The summed E-state index contributed by atoms with van der Waals surface area (Å²) in [5.41, 5.74) is 1.82. The van der Waals surface area contributed by atoms with Crippen LogP contribution < -0.4 is 10.1 Å². The number of hydrogen-bond donors (Lipinski definition) is 2. The van der Waals surface area contributed by atoms with Gasteiger partial charge in [0.1, 0.15) is 12.4 Å². The first-order chi connectivity index (χ1) is 10.6. The van der Waals surface area contributed by atoms with E-state index in [-0.39, 0.29) is 5.56 Å². The van der Waals surface area contributed by atoms with Crippen molar-refractivity contribution in [2.24, 2.45) is 0 Å². The lowest BCUT2D eigenvalue weighted by molar-refractivity contribution is 0.0697. The summed E-state index contributed by atoms with van der Waals surface area (Å²) in [4.78, 5) is 11.0. The van der Waals surface area contributed by atoms with Gasteiger partial charge in [0.25, 0.3) is 0 Å². The van der Waals surface area contributed by atoms with E-state index < -0.39 is 5.97 Å². The zero-order valence-electron chi connectivity index (χ0n) is 11.9. The van der Waals surface area contributed by atoms with E-state index in [0.29, 0.717) is 23.9 Å². The fraction of sp³-hybridized carbons (Fsp3) is 0.118. The number of nitrogens with one attached hydrogen (secondary N) is 1. The highest BCUT2D eigenvalue weighted by Crippen LogP contribution is 2.24. The second-order valence-corrected chi connectivity index (χ2v) is 5.00. The van der Waals surface area contributed by atoms with Gasteiger partial charge in [0.15, 0.2) is 0 Å². The summed E-state index contributed by atoms with van der Waals surface area (Å²) >= 11 is 6.06. The van der Waals surface area contributed by atoms with Gasteiger partial charge in [-0.2, -0.15) is 0 Å². The molecule has 22 heavy (non-hydrogen) atoms. The average Bonchev–Trinajstić information content (AvgIpc) is 2.53. The molecule has 4 nitrogen and oxygen atoms in total. The van der Waals surface area contributed by atoms with Crippen LogP contribution in [0, 0.1) is 0 Å². The maximum atomic E-state index is 11.0. The topological polar surface area (TPSA) is 58.6 Å². The molecule has 0 saturated carbocycles. The molecule has 0 amide bonds.